The fourth-order valence-electron chi connectivity index (χ4n) is 2.15. The van der Waals surface area contributed by atoms with Crippen molar-refractivity contribution in [3.8, 4) is 0 Å². The molecule has 0 aliphatic carbocycles. The van der Waals surface area contributed by atoms with Gasteiger partial charge in [-0.2, -0.15) is 0 Å². The summed E-state index contributed by atoms with van der Waals surface area (Å²) in [5.41, 5.74) is 4.39. The topological polar surface area (TPSA) is 3.24 Å². The molecule has 0 aromatic carbocycles. The molecule has 0 saturated heterocycles. The lowest BCUT2D eigenvalue weighted by molar-refractivity contribution is 0.561. The van der Waals surface area contributed by atoms with Crippen molar-refractivity contribution in [1.29, 1.82) is 0 Å². The van der Waals surface area contributed by atoms with Gasteiger partial charge in [0.1, 0.15) is 0 Å². The van der Waals surface area contributed by atoms with Gasteiger partial charge in [0.25, 0.3) is 0 Å². The van der Waals surface area contributed by atoms with Crippen LogP contribution in [0.5, 0.6) is 0 Å². The first-order chi connectivity index (χ1) is 10.5. The third kappa shape index (κ3) is 12.3. The van der Waals surface area contributed by atoms with E-state index in [0.29, 0.717) is 0 Å². The molecule has 0 unspecified atom stereocenters. The van der Waals surface area contributed by atoms with Gasteiger partial charge in [0.2, 0.25) is 0 Å². The van der Waals surface area contributed by atoms with Crippen LogP contribution >= 0.6 is 0 Å². The van der Waals surface area contributed by atoms with Crippen molar-refractivity contribution >= 4 is 0 Å². The minimum Gasteiger partial charge on any atom is -0.351 e. The normalized spacial score (nSPS) is 13.2. The van der Waals surface area contributed by atoms with E-state index in [1.54, 1.807) is 0 Å². The molecule has 0 N–H and O–H groups in total. The third-order valence-electron chi connectivity index (χ3n) is 3.45. The number of allylic oxidation sites excluding steroid dienone is 7. The molecule has 0 spiro atoms. The van der Waals surface area contributed by atoms with Gasteiger partial charge in [0, 0.05) is 6.54 Å². The van der Waals surface area contributed by atoms with Crippen molar-refractivity contribution in [3.63, 3.8) is 0 Å². The van der Waals surface area contributed by atoms with E-state index in [1.807, 2.05) is 0 Å². The summed E-state index contributed by atoms with van der Waals surface area (Å²) >= 11 is 0. The minimum absolute atomic E-state index is 0.948. The fraction of sp³-hybridized carbons (Fsp3) is 0.524. The summed E-state index contributed by atoms with van der Waals surface area (Å²) in [5.74, 6) is 0. The molecule has 0 heterocycles. The van der Waals surface area contributed by atoms with Crippen molar-refractivity contribution in [2.24, 2.45) is 0 Å². The van der Waals surface area contributed by atoms with Gasteiger partial charge in [-0.3, -0.25) is 0 Å². The van der Waals surface area contributed by atoms with Crippen molar-refractivity contribution < 1.29 is 0 Å². The molecule has 0 rings (SSSR count). The van der Waals surface area contributed by atoms with Gasteiger partial charge in [-0.1, -0.05) is 47.1 Å². The molecule has 0 bridgehead atoms. The van der Waals surface area contributed by atoms with Crippen LogP contribution in [-0.4, -0.2) is 11.4 Å². The van der Waals surface area contributed by atoms with E-state index < -0.39 is 0 Å². The van der Waals surface area contributed by atoms with Crippen molar-refractivity contribution in [3.05, 3.63) is 59.5 Å². The lowest BCUT2D eigenvalue weighted by atomic mass is 10.1. The molecule has 0 aromatic rings. The first-order valence-electron chi connectivity index (χ1n) is 8.45. The number of nitrogens with zero attached hydrogens (tertiary/aromatic N) is 1. The van der Waals surface area contributed by atoms with E-state index in [2.05, 4.69) is 89.2 Å². The molecule has 0 amide bonds. The Morgan fingerprint density at radius 3 is 1.73 bits per heavy atom. The maximum Gasteiger partial charge on any atom is 0.0402 e. The van der Waals surface area contributed by atoms with Crippen molar-refractivity contribution in [1.82, 2.24) is 4.90 Å². The van der Waals surface area contributed by atoms with Crippen LogP contribution < -0.4 is 0 Å². The van der Waals surface area contributed by atoms with E-state index in [1.165, 1.54) is 29.6 Å². The smallest absolute Gasteiger partial charge is 0.0402 e. The monoisotopic (exact) mass is 301 g/mol. The standard InChI is InChI=1S/C21H35N/c1-7-16-22(17-8-2)18-15-21(6)14-10-13-20(5)12-9-11-19(3)4/h7-8,11,13,15-17H,9-10,12,14,18H2,1-6H3. The summed E-state index contributed by atoms with van der Waals surface area (Å²) < 4.78 is 0. The average molecular weight is 302 g/mol. The first kappa shape index (κ1) is 20.5. The maximum atomic E-state index is 2.39. The Bertz CT molecular complexity index is 417. The molecule has 0 saturated carbocycles. The quantitative estimate of drug-likeness (QED) is 0.402. The molecule has 0 aliphatic rings. The van der Waals surface area contributed by atoms with Crippen LogP contribution in [0.4, 0.5) is 0 Å². The number of rotatable bonds is 10. The Morgan fingerprint density at radius 1 is 0.727 bits per heavy atom. The summed E-state index contributed by atoms with van der Waals surface area (Å²) in [6.07, 6.45) is 20.1. The van der Waals surface area contributed by atoms with Gasteiger partial charge >= 0.3 is 0 Å². The molecular weight excluding hydrogens is 266 g/mol. The van der Waals surface area contributed by atoms with Gasteiger partial charge in [-0.25, -0.2) is 0 Å². The zero-order valence-electron chi connectivity index (χ0n) is 15.5. The highest BCUT2D eigenvalue weighted by molar-refractivity contribution is 5.07. The Morgan fingerprint density at radius 2 is 1.23 bits per heavy atom. The summed E-state index contributed by atoms with van der Waals surface area (Å²) in [6, 6.07) is 0. The average Bonchev–Trinajstić information content (AvgIpc) is 2.45. The first-order valence-corrected chi connectivity index (χ1v) is 8.45. The van der Waals surface area contributed by atoms with Crippen molar-refractivity contribution in [2.75, 3.05) is 6.54 Å². The molecule has 1 nitrogen and oxygen atoms in total. The molecule has 124 valence electrons. The molecule has 22 heavy (non-hydrogen) atoms. The van der Waals surface area contributed by atoms with E-state index >= 15 is 0 Å². The highest BCUT2D eigenvalue weighted by atomic mass is 15.1. The second-order valence-corrected chi connectivity index (χ2v) is 6.12. The predicted octanol–water partition coefficient (Wildman–Crippen LogP) is 6.77. The summed E-state index contributed by atoms with van der Waals surface area (Å²) in [5, 5.41) is 0. The highest BCUT2D eigenvalue weighted by Crippen LogP contribution is 2.11. The lowest BCUT2D eigenvalue weighted by Crippen LogP contribution is -2.09. The van der Waals surface area contributed by atoms with Crippen LogP contribution in [0.1, 0.15) is 67.2 Å². The van der Waals surface area contributed by atoms with E-state index in [9.17, 15) is 0 Å². The molecule has 0 fully saturated rings. The Hall–Kier alpha value is -1.50. The third-order valence-corrected chi connectivity index (χ3v) is 3.45. The largest absolute Gasteiger partial charge is 0.351 e. The zero-order chi connectivity index (χ0) is 16.8. The Kier molecular flexibility index (Phi) is 12.3. The van der Waals surface area contributed by atoms with Crippen LogP contribution in [0.2, 0.25) is 0 Å². The van der Waals surface area contributed by atoms with Crippen molar-refractivity contribution in [2.45, 2.75) is 67.2 Å². The van der Waals surface area contributed by atoms with Gasteiger partial charge < -0.3 is 4.90 Å². The molecule has 1 heteroatoms. The van der Waals surface area contributed by atoms with Crippen LogP contribution in [0.25, 0.3) is 0 Å². The Labute approximate surface area is 138 Å². The van der Waals surface area contributed by atoms with Crippen LogP contribution in [-0.2, 0) is 0 Å². The molecule has 0 aromatic heterocycles. The summed E-state index contributed by atoms with van der Waals surface area (Å²) in [4.78, 5) is 2.20. The second-order valence-electron chi connectivity index (χ2n) is 6.12. The van der Waals surface area contributed by atoms with Crippen LogP contribution in [0, 0.1) is 0 Å². The SMILES string of the molecule is CC=CN(C=CC)CC=C(C)CCC=C(C)CCC=C(C)C. The zero-order valence-corrected chi connectivity index (χ0v) is 15.5. The number of hydrogen-bond acceptors (Lipinski definition) is 1. The Balaban J connectivity index is 4.17. The molecule has 0 atom stereocenters. The molecule has 0 aliphatic heterocycles. The highest BCUT2D eigenvalue weighted by Gasteiger charge is 1.94. The number of hydrogen-bond donors (Lipinski definition) is 0. The maximum absolute atomic E-state index is 2.39. The van der Waals surface area contributed by atoms with Gasteiger partial charge in [-0.05, 0) is 79.6 Å². The molecular formula is C21H35N. The van der Waals surface area contributed by atoms with E-state index in [4.69, 9.17) is 0 Å². The van der Waals surface area contributed by atoms with Crippen LogP contribution in [0.15, 0.2) is 59.5 Å². The lowest BCUT2D eigenvalue weighted by Gasteiger charge is -2.13. The molecule has 0 radical (unpaired) electrons. The minimum atomic E-state index is 0.948. The summed E-state index contributed by atoms with van der Waals surface area (Å²) in [6.45, 7) is 13.9. The van der Waals surface area contributed by atoms with Gasteiger partial charge in [-0.15, -0.1) is 0 Å². The van der Waals surface area contributed by atoms with E-state index in [0.717, 1.165) is 19.4 Å². The van der Waals surface area contributed by atoms with Gasteiger partial charge in [0.05, 0.1) is 0 Å². The van der Waals surface area contributed by atoms with E-state index in [-0.39, 0.29) is 0 Å². The van der Waals surface area contributed by atoms with Crippen LogP contribution in [0.3, 0.4) is 0 Å². The fourth-order valence-corrected chi connectivity index (χ4v) is 2.15. The predicted molar refractivity (Wildman–Crippen MR) is 102 cm³/mol. The van der Waals surface area contributed by atoms with Gasteiger partial charge in [0.15, 0.2) is 0 Å². The second kappa shape index (κ2) is 13.2. The summed E-state index contributed by atoms with van der Waals surface area (Å²) in [7, 11) is 0.